The fourth-order valence-corrected chi connectivity index (χ4v) is 2.32. The summed E-state index contributed by atoms with van der Waals surface area (Å²) in [5.41, 5.74) is 3.15. The number of carboxylic acid groups (broad SMARTS) is 1. The van der Waals surface area contributed by atoms with Crippen LogP contribution >= 0.6 is 0 Å². The predicted molar refractivity (Wildman–Crippen MR) is 62.6 cm³/mol. The molecule has 0 aliphatic carbocycles. The van der Waals surface area contributed by atoms with Crippen molar-refractivity contribution in [1.82, 2.24) is 5.32 Å². The molecule has 0 saturated carbocycles. The second-order valence-electron chi connectivity index (χ2n) is 5.13. The minimum atomic E-state index is -0.803. The summed E-state index contributed by atoms with van der Waals surface area (Å²) in [6.07, 6.45) is 0. The molecule has 3 heteroatoms. The number of carboxylic acids is 1. The van der Waals surface area contributed by atoms with E-state index in [-0.39, 0.29) is 5.41 Å². The first-order valence-corrected chi connectivity index (χ1v) is 5.49. The molecule has 0 amide bonds. The van der Waals surface area contributed by atoms with Crippen molar-refractivity contribution in [3.8, 4) is 0 Å². The Hall–Kier alpha value is -1.35. The SMILES string of the molecule is Cc1ccc2c(c1)C(C(=O)O)NCC2(C)C. The zero-order valence-corrected chi connectivity index (χ0v) is 9.87. The first kappa shape index (κ1) is 11.1. The minimum absolute atomic E-state index is 0.00498. The highest BCUT2D eigenvalue weighted by Gasteiger charge is 2.35. The third kappa shape index (κ3) is 1.71. The van der Waals surface area contributed by atoms with Crippen LogP contribution in [0.5, 0.6) is 0 Å². The van der Waals surface area contributed by atoms with Crippen LogP contribution in [-0.4, -0.2) is 17.6 Å². The van der Waals surface area contributed by atoms with Gasteiger partial charge in [-0.15, -0.1) is 0 Å². The fraction of sp³-hybridized carbons (Fsp3) is 0.462. The van der Waals surface area contributed by atoms with Gasteiger partial charge < -0.3 is 5.11 Å². The van der Waals surface area contributed by atoms with Gasteiger partial charge in [0, 0.05) is 12.0 Å². The van der Waals surface area contributed by atoms with Crippen molar-refractivity contribution in [3.05, 3.63) is 34.9 Å². The average Bonchev–Trinajstić information content (AvgIpc) is 2.16. The van der Waals surface area contributed by atoms with Crippen molar-refractivity contribution >= 4 is 5.97 Å². The minimum Gasteiger partial charge on any atom is -0.480 e. The van der Waals surface area contributed by atoms with E-state index in [2.05, 4.69) is 25.2 Å². The van der Waals surface area contributed by atoms with Gasteiger partial charge in [0.1, 0.15) is 6.04 Å². The molecule has 2 N–H and O–H groups in total. The van der Waals surface area contributed by atoms with Crippen molar-refractivity contribution < 1.29 is 9.90 Å². The molecule has 1 atom stereocenters. The van der Waals surface area contributed by atoms with Crippen LogP contribution in [0.1, 0.15) is 36.6 Å². The van der Waals surface area contributed by atoms with E-state index in [1.54, 1.807) is 0 Å². The summed E-state index contributed by atoms with van der Waals surface area (Å²) in [6.45, 7) is 6.94. The summed E-state index contributed by atoms with van der Waals surface area (Å²) in [5.74, 6) is -0.803. The van der Waals surface area contributed by atoms with E-state index in [0.717, 1.165) is 16.7 Å². The van der Waals surface area contributed by atoms with Gasteiger partial charge in [0.05, 0.1) is 0 Å². The lowest BCUT2D eigenvalue weighted by Crippen LogP contribution is -2.44. The molecule has 0 aromatic heterocycles. The average molecular weight is 219 g/mol. The summed E-state index contributed by atoms with van der Waals surface area (Å²) < 4.78 is 0. The highest BCUT2D eigenvalue weighted by Crippen LogP contribution is 2.34. The second kappa shape index (κ2) is 3.59. The molecule has 86 valence electrons. The predicted octanol–water partition coefficient (Wildman–Crippen LogP) is 2.00. The van der Waals surface area contributed by atoms with Gasteiger partial charge in [-0.2, -0.15) is 0 Å². The van der Waals surface area contributed by atoms with Gasteiger partial charge in [0.2, 0.25) is 0 Å². The topological polar surface area (TPSA) is 49.3 Å². The fourth-order valence-electron chi connectivity index (χ4n) is 2.32. The molecular weight excluding hydrogens is 202 g/mol. The lowest BCUT2D eigenvalue weighted by Gasteiger charge is -2.36. The summed E-state index contributed by atoms with van der Waals surface area (Å²) in [4.78, 5) is 11.2. The molecule has 1 aromatic carbocycles. The van der Waals surface area contributed by atoms with Crippen LogP contribution < -0.4 is 5.32 Å². The van der Waals surface area contributed by atoms with Gasteiger partial charge in [0.25, 0.3) is 0 Å². The number of hydrogen-bond acceptors (Lipinski definition) is 2. The van der Waals surface area contributed by atoms with Gasteiger partial charge in [-0.25, -0.2) is 0 Å². The molecule has 16 heavy (non-hydrogen) atoms. The largest absolute Gasteiger partial charge is 0.480 e. The summed E-state index contributed by atoms with van der Waals surface area (Å²) in [7, 11) is 0. The molecule has 0 bridgehead atoms. The number of aliphatic carboxylic acids is 1. The maximum atomic E-state index is 11.2. The van der Waals surface area contributed by atoms with Crippen molar-refractivity contribution in [2.24, 2.45) is 0 Å². The second-order valence-corrected chi connectivity index (χ2v) is 5.13. The van der Waals surface area contributed by atoms with E-state index in [4.69, 9.17) is 0 Å². The van der Waals surface area contributed by atoms with E-state index in [9.17, 15) is 9.90 Å². The van der Waals surface area contributed by atoms with Gasteiger partial charge in [0.15, 0.2) is 0 Å². The number of nitrogens with one attached hydrogen (secondary N) is 1. The quantitative estimate of drug-likeness (QED) is 0.759. The van der Waals surface area contributed by atoms with Crippen molar-refractivity contribution in [2.75, 3.05) is 6.54 Å². The maximum Gasteiger partial charge on any atom is 0.325 e. The molecule has 0 saturated heterocycles. The van der Waals surface area contributed by atoms with Crippen LogP contribution in [0.3, 0.4) is 0 Å². The monoisotopic (exact) mass is 219 g/mol. The Kier molecular flexibility index (Phi) is 2.50. The Labute approximate surface area is 95.5 Å². The molecule has 3 nitrogen and oxygen atoms in total. The molecule has 1 aromatic rings. The van der Waals surface area contributed by atoms with Gasteiger partial charge in [-0.05, 0) is 18.1 Å². The van der Waals surface area contributed by atoms with E-state index < -0.39 is 12.0 Å². The van der Waals surface area contributed by atoms with Crippen molar-refractivity contribution in [2.45, 2.75) is 32.2 Å². The number of fused-ring (bicyclic) bond motifs is 1. The Morgan fingerprint density at radius 1 is 1.50 bits per heavy atom. The first-order chi connectivity index (χ1) is 7.42. The molecule has 2 rings (SSSR count). The van der Waals surface area contributed by atoms with E-state index >= 15 is 0 Å². The Balaban J connectivity index is 2.58. The summed E-state index contributed by atoms with van der Waals surface area (Å²) in [5, 5.41) is 12.3. The molecule has 1 heterocycles. The molecule has 0 fully saturated rings. The number of aryl methyl sites for hydroxylation is 1. The van der Waals surface area contributed by atoms with Crippen LogP contribution in [0.2, 0.25) is 0 Å². The lowest BCUT2D eigenvalue weighted by molar-refractivity contribution is -0.140. The van der Waals surface area contributed by atoms with E-state index in [1.165, 1.54) is 0 Å². The van der Waals surface area contributed by atoms with Crippen molar-refractivity contribution in [1.29, 1.82) is 0 Å². The number of hydrogen-bond donors (Lipinski definition) is 2. The van der Waals surface area contributed by atoms with Crippen LogP contribution in [0.15, 0.2) is 18.2 Å². The summed E-state index contributed by atoms with van der Waals surface area (Å²) in [6, 6.07) is 5.51. The molecule has 1 aliphatic rings. The summed E-state index contributed by atoms with van der Waals surface area (Å²) >= 11 is 0. The lowest BCUT2D eigenvalue weighted by atomic mass is 9.76. The number of rotatable bonds is 1. The molecular formula is C13H17NO2. The van der Waals surface area contributed by atoms with Crippen LogP contribution in [0.4, 0.5) is 0 Å². The van der Waals surface area contributed by atoms with Crippen LogP contribution in [-0.2, 0) is 10.2 Å². The Morgan fingerprint density at radius 2 is 2.19 bits per heavy atom. The third-order valence-corrected chi connectivity index (χ3v) is 3.24. The highest BCUT2D eigenvalue weighted by atomic mass is 16.4. The van der Waals surface area contributed by atoms with Gasteiger partial charge >= 0.3 is 5.97 Å². The van der Waals surface area contributed by atoms with Crippen LogP contribution in [0, 0.1) is 6.92 Å². The van der Waals surface area contributed by atoms with Gasteiger partial charge in [-0.1, -0.05) is 37.6 Å². The third-order valence-electron chi connectivity index (χ3n) is 3.24. The van der Waals surface area contributed by atoms with E-state index in [1.807, 2.05) is 19.1 Å². The maximum absolute atomic E-state index is 11.2. The van der Waals surface area contributed by atoms with Gasteiger partial charge in [-0.3, -0.25) is 10.1 Å². The standard InChI is InChI=1S/C13H17NO2/c1-8-4-5-10-9(6-8)11(12(15)16)14-7-13(10,2)3/h4-6,11,14H,7H2,1-3H3,(H,15,16). The number of benzene rings is 1. The normalized spacial score (nSPS) is 22.6. The van der Waals surface area contributed by atoms with Crippen molar-refractivity contribution in [3.63, 3.8) is 0 Å². The smallest absolute Gasteiger partial charge is 0.325 e. The Morgan fingerprint density at radius 3 is 2.81 bits per heavy atom. The zero-order valence-electron chi connectivity index (χ0n) is 9.87. The number of carbonyl (C=O) groups is 1. The van der Waals surface area contributed by atoms with E-state index in [0.29, 0.717) is 6.54 Å². The van der Waals surface area contributed by atoms with Crippen LogP contribution in [0.25, 0.3) is 0 Å². The molecule has 1 aliphatic heterocycles. The molecule has 0 spiro atoms. The first-order valence-electron chi connectivity index (χ1n) is 5.49. The zero-order chi connectivity index (χ0) is 11.9. The Bertz CT molecular complexity index is 438. The molecule has 1 unspecified atom stereocenters. The molecule has 0 radical (unpaired) electrons. The highest BCUT2D eigenvalue weighted by molar-refractivity contribution is 5.77.